The molecule has 3 nitrogen and oxygen atoms in total. The SMILES string of the molecule is c1ccc(-c2ccccc2N(c2ccc(-c3ccc4c(ccc5ccccc54)c3)cc2)c2cccc(-c3cccc4c3c3ccccc3n4-c3ccc4oc5ccccc5c4c3)c2)cc1. The third-order valence-corrected chi connectivity index (χ3v) is 13.2. The number of anilines is 3. The summed E-state index contributed by atoms with van der Waals surface area (Å²) >= 11 is 0. The first-order chi connectivity index (χ1) is 32.2. The van der Waals surface area contributed by atoms with Gasteiger partial charge in [-0.1, -0.05) is 170 Å². The number of furan rings is 1. The zero-order valence-electron chi connectivity index (χ0n) is 35.4. The zero-order valence-corrected chi connectivity index (χ0v) is 35.4. The Morgan fingerprint density at radius 1 is 0.323 bits per heavy atom. The zero-order chi connectivity index (χ0) is 42.8. The van der Waals surface area contributed by atoms with E-state index in [0.29, 0.717) is 0 Å². The van der Waals surface area contributed by atoms with Crippen molar-refractivity contribution >= 4 is 82.4 Å². The van der Waals surface area contributed by atoms with Crippen LogP contribution in [0.25, 0.3) is 104 Å². The van der Waals surface area contributed by atoms with Gasteiger partial charge in [0.05, 0.1) is 16.7 Å². The molecule has 0 aliphatic heterocycles. The summed E-state index contributed by atoms with van der Waals surface area (Å²) in [5, 5.41) is 9.73. The molecule has 304 valence electrons. The number of benzene rings is 11. The molecule has 0 N–H and O–H groups in total. The molecule has 0 radical (unpaired) electrons. The summed E-state index contributed by atoms with van der Waals surface area (Å²) in [5.41, 5.74) is 15.5. The fourth-order valence-electron chi connectivity index (χ4n) is 10.2. The van der Waals surface area contributed by atoms with Gasteiger partial charge in [0.1, 0.15) is 11.2 Å². The minimum atomic E-state index is 0.892. The molecule has 0 fully saturated rings. The van der Waals surface area contributed by atoms with E-state index >= 15 is 0 Å². The highest BCUT2D eigenvalue weighted by molar-refractivity contribution is 6.16. The molecule has 0 aliphatic carbocycles. The molecular weight excluding hydrogens is 789 g/mol. The van der Waals surface area contributed by atoms with Crippen LogP contribution in [0.1, 0.15) is 0 Å². The van der Waals surface area contributed by atoms with E-state index in [1.165, 1.54) is 54.6 Å². The first-order valence-corrected chi connectivity index (χ1v) is 22.2. The largest absolute Gasteiger partial charge is 0.456 e. The first kappa shape index (κ1) is 36.9. The summed E-state index contributed by atoms with van der Waals surface area (Å²) in [4.78, 5) is 2.41. The van der Waals surface area contributed by atoms with Gasteiger partial charge >= 0.3 is 0 Å². The van der Waals surface area contributed by atoms with Gasteiger partial charge in [0.25, 0.3) is 0 Å². The van der Waals surface area contributed by atoms with Gasteiger partial charge < -0.3 is 13.9 Å². The fourth-order valence-corrected chi connectivity index (χ4v) is 10.2. The molecule has 0 unspecified atom stereocenters. The van der Waals surface area contributed by atoms with Crippen LogP contribution in [-0.4, -0.2) is 4.57 Å². The first-order valence-electron chi connectivity index (χ1n) is 22.2. The molecule has 0 saturated carbocycles. The van der Waals surface area contributed by atoms with E-state index in [0.717, 1.165) is 66.8 Å². The van der Waals surface area contributed by atoms with Crippen LogP contribution in [0, 0.1) is 0 Å². The lowest BCUT2D eigenvalue weighted by Gasteiger charge is -2.28. The van der Waals surface area contributed by atoms with Crippen molar-refractivity contribution in [2.24, 2.45) is 0 Å². The number of fused-ring (bicyclic) bond motifs is 9. The van der Waals surface area contributed by atoms with E-state index in [9.17, 15) is 0 Å². The van der Waals surface area contributed by atoms with Crippen LogP contribution >= 0.6 is 0 Å². The van der Waals surface area contributed by atoms with Gasteiger partial charge in [-0.25, -0.2) is 0 Å². The lowest BCUT2D eigenvalue weighted by Crippen LogP contribution is -2.11. The molecule has 0 atom stereocenters. The van der Waals surface area contributed by atoms with E-state index in [4.69, 9.17) is 4.42 Å². The summed E-state index contributed by atoms with van der Waals surface area (Å²) in [6.45, 7) is 0. The highest BCUT2D eigenvalue weighted by Gasteiger charge is 2.21. The third kappa shape index (κ3) is 6.12. The van der Waals surface area contributed by atoms with Gasteiger partial charge in [0, 0.05) is 44.2 Å². The number of aromatic nitrogens is 1. The van der Waals surface area contributed by atoms with Crippen LogP contribution in [0.5, 0.6) is 0 Å². The van der Waals surface area contributed by atoms with Crippen molar-refractivity contribution in [3.05, 3.63) is 243 Å². The minimum absolute atomic E-state index is 0.892. The number of rotatable bonds is 7. The predicted molar refractivity (Wildman–Crippen MR) is 274 cm³/mol. The molecule has 13 rings (SSSR count). The van der Waals surface area contributed by atoms with Gasteiger partial charge in [-0.05, 0) is 122 Å². The highest BCUT2D eigenvalue weighted by atomic mass is 16.3. The minimum Gasteiger partial charge on any atom is -0.456 e. The van der Waals surface area contributed by atoms with Crippen LogP contribution in [0.15, 0.2) is 247 Å². The molecule has 2 aromatic heterocycles. The van der Waals surface area contributed by atoms with Gasteiger partial charge in [-0.2, -0.15) is 0 Å². The molecule has 65 heavy (non-hydrogen) atoms. The Balaban J connectivity index is 0.957. The van der Waals surface area contributed by atoms with Gasteiger partial charge in [-0.15, -0.1) is 0 Å². The monoisotopic (exact) mass is 828 g/mol. The number of hydrogen-bond donors (Lipinski definition) is 0. The Hall–Kier alpha value is -8.66. The summed E-state index contributed by atoms with van der Waals surface area (Å²) in [7, 11) is 0. The van der Waals surface area contributed by atoms with Gasteiger partial charge in [0.15, 0.2) is 0 Å². The van der Waals surface area contributed by atoms with Crippen LogP contribution < -0.4 is 4.90 Å². The van der Waals surface area contributed by atoms with Crippen LogP contribution in [0.3, 0.4) is 0 Å². The topological polar surface area (TPSA) is 21.3 Å². The molecule has 3 heteroatoms. The summed E-state index contributed by atoms with van der Waals surface area (Å²) in [6.07, 6.45) is 0. The van der Waals surface area contributed by atoms with E-state index in [-0.39, 0.29) is 0 Å². The number of para-hydroxylation sites is 3. The number of nitrogens with zero attached hydrogens (tertiary/aromatic N) is 2. The van der Waals surface area contributed by atoms with E-state index in [1.807, 2.05) is 12.1 Å². The Bertz CT molecular complexity index is 3950. The average Bonchev–Trinajstić information content (AvgIpc) is 3.92. The molecule has 0 aliphatic rings. The van der Waals surface area contributed by atoms with Crippen LogP contribution in [0.4, 0.5) is 17.1 Å². The Kier molecular flexibility index (Phi) is 8.53. The smallest absolute Gasteiger partial charge is 0.135 e. The Labute approximate surface area is 376 Å². The van der Waals surface area contributed by atoms with E-state index in [2.05, 4.69) is 240 Å². The summed E-state index contributed by atoms with van der Waals surface area (Å²) in [5.74, 6) is 0. The second kappa shape index (κ2) is 15.0. The number of hydrogen-bond acceptors (Lipinski definition) is 2. The van der Waals surface area contributed by atoms with Crippen molar-refractivity contribution in [3.8, 4) is 39.1 Å². The van der Waals surface area contributed by atoms with Gasteiger partial charge in [-0.3, -0.25) is 0 Å². The van der Waals surface area contributed by atoms with Crippen molar-refractivity contribution in [3.63, 3.8) is 0 Å². The van der Waals surface area contributed by atoms with Gasteiger partial charge in [0.2, 0.25) is 0 Å². The van der Waals surface area contributed by atoms with Crippen LogP contribution in [0.2, 0.25) is 0 Å². The maximum absolute atomic E-state index is 6.24. The standard InChI is InChI=1S/C62H40N2O/c1-2-14-42(15-3-1)52-20-6-9-24-57(52)63(47-33-30-41(31-34-47)44-32-36-51-46(38-44)29-28-43-16-4-5-19-50(43)51)48-18-12-17-45(39-48)53-23-13-26-59-62(53)55-22-7-10-25-58(55)64(59)49-35-37-61-56(40-49)54-21-8-11-27-60(54)65-61/h1-40H. The molecule has 13 aromatic rings. The average molecular weight is 829 g/mol. The highest BCUT2D eigenvalue weighted by Crippen LogP contribution is 2.45. The maximum Gasteiger partial charge on any atom is 0.135 e. The normalized spacial score (nSPS) is 11.7. The molecular formula is C62H40N2O. The second-order valence-electron chi connectivity index (χ2n) is 16.9. The molecule has 11 aromatic carbocycles. The van der Waals surface area contributed by atoms with E-state index in [1.54, 1.807) is 0 Å². The third-order valence-electron chi connectivity index (χ3n) is 13.2. The van der Waals surface area contributed by atoms with Crippen molar-refractivity contribution in [2.75, 3.05) is 4.90 Å². The van der Waals surface area contributed by atoms with Crippen molar-refractivity contribution in [1.82, 2.24) is 4.57 Å². The Morgan fingerprint density at radius 3 is 1.89 bits per heavy atom. The summed E-state index contributed by atoms with van der Waals surface area (Å²) in [6, 6.07) is 87.8. The van der Waals surface area contributed by atoms with Crippen molar-refractivity contribution in [1.29, 1.82) is 0 Å². The molecule has 0 bridgehead atoms. The molecule has 2 heterocycles. The van der Waals surface area contributed by atoms with Crippen LogP contribution in [-0.2, 0) is 0 Å². The maximum atomic E-state index is 6.24. The molecule has 0 amide bonds. The lowest BCUT2D eigenvalue weighted by molar-refractivity contribution is 0.669. The molecule has 0 saturated heterocycles. The lowest BCUT2D eigenvalue weighted by atomic mass is 9.96. The Morgan fingerprint density at radius 2 is 0.985 bits per heavy atom. The quantitative estimate of drug-likeness (QED) is 0.149. The van der Waals surface area contributed by atoms with E-state index < -0.39 is 0 Å². The molecule has 0 spiro atoms. The predicted octanol–water partition coefficient (Wildman–Crippen LogP) is 17.5. The summed E-state index contributed by atoms with van der Waals surface area (Å²) < 4.78 is 8.65. The second-order valence-corrected chi connectivity index (χ2v) is 16.9. The van der Waals surface area contributed by atoms with Crippen molar-refractivity contribution in [2.45, 2.75) is 0 Å². The fraction of sp³-hybridized carbons (Fsp3) is 0. The van der Waals surface area contributed by atoms with Crippen molar-refractivity contribution < 1.29 is 4.42 Å².